The number of anilines is 1. The van der Waals surface area contributed by atoms with E-state index in [0.29, 0.717) is 29.2 Å². The smallest absolute Gasteiger partial charge is 0.251 e. The summed E-state index contributed by atoms with van der Waals surface area (Å²) in [4.78, 5) is 35.7. The molecule has 4 heterocycles. The molecular formula is C26H33N5O3. The monoisotopic (exact) mass is 463 g/mol. The van der Waals surface area contributed by atoms with Crippen LogP contribution in [0.25, 0.3) is 22.2 Å². The second-order valence-electron chi connectivity index (χ2n) is 9.82. The highest BCUT2D eigenvalue weighted by molar-refractivity contribution is 5.98. The number of nitrogens with zero attached hydrogens (tertiary/aromatic N) is 2. The Bertz CT molecular complexity index is 1210. The van der Waals surface area contributed by atoms with Gasteiger partial charge >= 0.3 is 0 Å². The van der Waals surface area contributed by atoms with Gasteiger partial charge in [0, 0.05) is 41.3 Å². The Balaban J connectivity index is 1.46. The van der Waals surface area contributed by atoms with Gasteiger partial charge in [-0.1, -0.05) is 19.3 Å². The van der Waals surface area contributed by atoms with Crippen molar-refractivity contribution in [1.29, 1.82) is 0 Å². The first-order valence-corrected chi connectivity index (χ1v) is 12.3. The van der Waals surface area contributed by atoms with E-state index in [0.717, 1.165) is 36.8 Å². The van der Waals surface area contributed by atoms with Crippen LogP contribution >= 0.6 is 0 Å². The highest BCUT2D eigenvalue weighted by Crippen LogP contribution is 2.32. The molecule has 0 spiro atoms. The summed E-state index contributed by atoms with van der Waals surface area (Å²) >= 11 is 0. The van der Waals surface area contributed by atoms with Crippen LogP contribution in [0.3, 0.4) is 0 Å². The van der Waals surface area contributed by atoms with Crippen molar-refractivity contribution in [2.24, 2.45) is 5.92 Å². The summed E-state index contributed by atoms with van der Waals surface area (Å²) in [7, 11) is 2.06. The summed E-state index contributed by atoms with van der Waals surface area (Å²) in [5.74, 6) is 1.20. The third kappa shape index (κ3) is 4.59. The van der Waals surface area contributed by atoms with Gasteiger partial charge in [-0.3, -0.25) is 9.59 Å². The van der Waals surface area contributed by atoms with Crippen LogP contribution in [0.15, 0.2) is 39.9 Å². The zero-order valence-electron chi connectivity index (χ0n) is 19.9. The number of rotatable bonds is 5. The Hall–Kier alpha value is -3.13. The summed E-state index contributed by atoms with van der Waals surface area (Å²) in [6.07, 6.45) is 9.96. The van der Waals surface area contributed by atoms with Crippen LogP contribution < -0.4 is 16.2 Å². The summed E-state index contributed by atoms with van der Waals surface area (Å²) in [5, 5.41) is 7.70. The van der Waals surface area contributed by atoms with Gasteiger partial charge in [-0.05, 0) is 58.0 Å². The number of nitrogens with one attached hydrogen (secondary N) is 3. The van der Waals surface area contributed by atoms with E-state index in [-0.39, 0.29) is 29.5 Å². The molecule has 1 saturated carbocycles. The molecule has 3 aromatic rings. The lowest BCUT2D eigenvalue weighted by Gasteiger charge is -2.37. The molecule has 2 aliphatic rings. The molecule has 180 valence electrons. The number of pyridine rings is 2. The lowest BCUT2D eigenvalue weighted by molar-refractivity contribution is -0.127. The molecule has 3 N–H and O–H groups in total. The minimum atomic E-state index is -0.195. The number of likely N-dealkylation sites (tertiary alicyclic amines) is 1. The zero-order chi connectivity index (χ0) is 23.7. The van der Waals surface area contributed by atoms with E-state index in [1.165, 1.54) is 19.3 Å². The average Bonchev–Trinajstić information content (AvgIpc) is 3.37. The van der Waals surface area contributed by atoms with E-state index in [9.17, 15) is 9.59 Å². The van der Waals surface area contributed by atoms with Gasteiger partial charge in [0.25, 0.3) is 5.56 Å². The molecule has 1 saturated heterocycles. The number of furan rings is 1. The topological polar surface area (TPSA) is 103 Å². The second kappa shape index (κ2) is 9.62. The number of aromatic amines is 1. The molecule has 8 nitrogen and oxygen atoms in total. The molecule has 3 aromatic heterocycles. The van der Waals surface area contributed by atoms with Crippen molar-refractivity contribution in [3.05, 3.63) is 46.6 Å². The zero-order valence-corrected chi connectivity index (χ0v) is 19.9. The molecule has 0 bridgehead atoms. The van der Waals surface area contributed by atoms with E-state index in [1.54, 1.807) is 19.4 Å². The normalized spacial score (nSPS) is 22.1. The second-order valence-corrected chi connectivity index (χ2v) is 9.82. The average molecular weight is 464 g/mol. The fraction of sp³-hybridized carbons (Fsp3) is 0.500. The van der Waals surface area contributed by atoms with Crippen molar-refractivity contribution in [3.8, 4) is 11.3 Å². The first-order valence-electron chi connectivity index (χ1n) is 12.3. The standard InChI is InChI=1S/C26H33N5O3/c1-16-13-18-19(22-9-6-12-34-22)14-27-24(23(18)30-25(16)32)29-21-10-11-31(2)15-20(21)26(33)28-17-7-4-3-5-8-17/h6,9,12-14,17,20-21H,3-5,7-8,10-11,15H2,1-2H3,(H,27,29)(H,28,33)(H,30,32)/t20-,21-/m1/s1. The van der Waals surface area contributed by atoms with E-state index in [2.05, 4.69) is 32.5 Å². The fourth-order valence-corrected chi connectivity index (χ4v) is 5.32. The quantitative estimate of drug-likeness (QED) is 0.533. The molecule has 34 heavy (non-hydrogen) atoms. The van der Waals surface area contributed by atoms with Gasteiger partial charge in [-0.25, -0.2) is 4.98 Å². The minimum Gasteiger partial charge on any atom is -0.464 e. The maximum absolute atomic E-state index is 13.3. The third-order valence-electron chi connectivity index (χ3n) is 7.29. The van der Waals surface area contributed by atoms with Crippen LogP contribution in [0, 0.1) is 12.8 Å². The lowest BCUT2D eigenvalue weighted by atomic mass is 9.89. The van der Waals surface area contributed by atoms with Crippen molar-refractivity contribution in [2.45, 2.75) is 57.5 Å². The predicted molar refractivity (Wildman–Crippen MR) is 133 cm³/mol. The van der Waals surface area contributed by atoms with Crippen LogP contribution in [-0.2, 0) is 4.79 Å². The highest BCUT2D eigenvalue weighted by Gasteiger charge is 2.35. The maximum Gasteiger partial charge on any atom is 0.251 e. The summed E-state index contributed by atoms with van der Waals surface area (Å²) in [6, 6.07) is 5.79. The van der Waals surface area contributed by atoms with Crippen molar-refractivity contribution in [3.63, 3.8) is 0 Å². The van der Waals surface area contributed by atoms with E-state index < -0.39 is 0 Å². The number of amides is 1. The molecule has 0 unspecified atom stereocenters. The molecule has 1 aliphatic carbocycles. The van der Waals surface area contributed by atoms with Gasteiger partial charge in [0.05, 0.1) is 17.7 Å². The van der Waals surface area contributed by atoms with Crippen LogP contribution in [-0.4, -0.2) is 53.0 Å². The van der Waals surface area contributed by atoms with E-state index >= 15 is 0 Å². The van der Waals surface area contributed by atoms with E-state index in [4.69, 9.17) is 4.42 Å². The summed E-state index contributed by atoms with van der Waals surface area (Å²) in [6.45, 7) is 3.37. The van der Waals surface area contributed by atoms with Crippen molar-refractivity contribution in [1.82, 2.24) is 20.2 Å². The number of H-pyrrole nitrogens is 1. The fourth-order valence-electron chi connectivity index (χ4n) is 5.32. The summed E-state index contributed by atoms with van der Waals surface area (Å²) in [5.41, 5.74) is 1.93. The van der Waals surface area contributed by atoms with Gasteiger partial charge < -0.3 is 24.9 Å². The molecule has 8 heteroatoms. The lowest BCUT2D eigenvalue weighted by Crippen LogP contribution is -2.53. The molecule has 0 aromatic carbocycles. The van der Waals surface area contributed by atoms with Crippen LogP contribution in [0.5, 0.6) is 0 Å². The maximum atomic E-state index is 13.3. The Morgan fingerprint density at radius 2 is 2.06 bits per heavy atom. The van der Waals surface area contributed by atoms with Gasteiger partial charge in [-0.15, -0.1) is 0 Å². The predicted octanol–water partition coefficient (Wildman–Crippen LogP) is 3.67. The molecule has 2 fully saturated rings. The van der Waals surface area contributed by atoms with Gasteiger partial charge in [0.15, 0.2) is 5.82 Å². The number of hydrogen-bond acceptors (Lipinski definition) is 6. The van der Waals surface area contributed by atoms with E-state index in [1.807, 2.05) is 18.2 Å². The van der Waals surface area contributed by atoms with Gasteiger partial charge in [0.1, 0.15) is 5.76 Å². The number of piperidine rings is 1. The van der Waals surface area contributed by atoms with Crippen LogP contribution in [0.4, 0.5) is 5.82 Å². The molecule has 2 atom stereocenters. The molecular weight excluding hydrogens is 430 g/mol. The molecule has 5 rings (SSSR count). The molecule has 1 aliphatic heterocycles. The first-order chi connectivity index (χ1) is 16.5. The SMILES string of the molecule is Cc1cc2c(-c3ccco3)cnc(N[C@@H]3CCN(C)C[C@H]3C(=O)NC3CCCCC3)c2[nH]c1=O. The van der Waals surface area contributed by atoms with Crippen LogP contribution in [0.1, 0.15) is 44.1 Å². The largest absolute Gasteiger partial charge is 0.464 e. The number of aryl methyl sites for hydroxylation is 1. The van der Waals surface area contributed by atoms with Crippen molar-refractivity contribution < 1.29 is 9.21 Å². The van der Waals surface area contributed by atoms with Crippen molar-refractivity contribution >= 4 is 22.6 Å². The minimum absolute atomic E-state index is 0.0743. The number of aromatic nitrogens is 2. The van der Waals surface area contributed by atoms with Gasteiger partial charge in [0.2, 0.25) is 5.91 Å². The Morgan fingerprint density at radius 3 is 2.82 bits per heavy atom. The van der Waals surface area contributed by atoms with Gasteiger partial charge in [-0.2, -0.15) is 0 Å². The number of fused-ring (bicyclic) bond motifs is 1. The molecule has 0 radical (unpaired) electrons. The number of carbonyl (C=O) groups is 1. The number of hydrogen-bond donors (Lipinski definition) is 3. The highest BCUT2D eigenvalue weighted by atomic mass is 16.3. The van der Waals surface area contributed by atoms with Crippen molar-refractivity contribution in [2.75, 3.05) is 25.5 Å². The Morgan fingerprint density at radius 1 is 1.24 bits per heavy atom. The summed E-state index contributed by atoms with van der Waals surface area (Å²) < 4.78 is 5.61. The Labute approximate surface area is 199 Å². The third-order valence-corrected chi connectivity index (χ3v) is 7.29. The van der Waals surface area contributed by atoms with Crippen LogP contribution in [0.2, 0.25) is 0 Å². The number of carbonyl (C=O) groups excluding carboxylic acids is 1. The first kappa shape index (κ1) is 22.7. The molecule has 1 amide bonds. The Kier molecular flexibility index (Phi) is 6.41.